The van der Waals surface area contributed by atoms with Gasteiger partial charge in [-0.3, -0.25) is 10.8 Å². The van der Waals surface area contributed by atoms with Gasteiger partial charge in [-0.25, -0.2) is 0 Å². The maximum absolute atomic E-state index is 7.44. The minimum absolute atomic E-state index is 0.126. The minimum atomic E-state index is 0.126. The fourth-order valence-corrected chi connectivity index (χ4v) is 3.67. The molecule has 7 nitrogen and oxygen atoms in total. The van der Waals surface area contributed by atoms with E-state index in [1.54, 1.807) is 0 Å². The number of hydrogen-bond donors (Lipinski definition) is 4. The summed E-state index contributed by atoms with van der Waals surface area (Å²) in [6.07, 6.45) is 3.75. The first-order valence-electron chi connectivity index (χ1n) is 7.82. The number of amidine groups is 2. The molecule has 0 aliphatic carbocycles. The number of hydrogen-bond acceptors (Lipinski definition) is 7. The molecule has 0 unspecified atom stereocenters. The number of rotatable bonds is 9. The SMILES string of the molecule is N=C(N)SCCc1ccc([C@@H](CCc2nnco2)CSC(=N)N)cc1. The van der Waals surface area contributed by atoms with Crippen molar-refractivity contribution in [1.29, 1.82) is 10.8 Å². The molecule has 0 bridgehead atoms. The van der Waals surface area contributed by atoms with Gasteiger partial charge in [0.15, 0.2) is 10.3 Å². The van der Waals surface area contributed by atoms with Crippen molar-refractivity contribution >= 4 is 33.9 Å². The lowest BCUT2D eigenvalue weighted by molar-refractivity contribution is 0.477. The summed E-state index contributed by atoms with van der Waals surface area (Å²) < 4.78 is 5.20. The lowest BCUT2D eigenvalue weighted by Gasteiger charge is -2.16. The Morgan fingerprint density at radius 2 is 1.80 bits per heavy atom. The topological polar surface area (TPSA) is 139 Å². The molecule has 0 saturated heterocycles. The number of aryl methyl sites for hydroxylation is 2. The molecule has 9 heteroatoms. The Morgan fingerprint density at radius 1 is 1.08 bits per heavy atom. The number of nitrogens with zero attached hydrogens (tertiary/aromatic N) is 2. The van der Waals surface area contributed by atoms with Gasteiger partial charge in [0, 0.05) is 17.9 Å². The Bertz CT molecular complexity index is 674. The second kappa shape index (κ2) is 10.1. The van der Waals surface area contributed by atoms with Crippen LogP contribution in [0.25, 0.3) is 0 Å². The van der Waals surface area contributed by atoms with Crippen molar-refractivity contribution in [2.45, 2.75) is 25.2 Å². The first-order chi connectivity index (χ1) is 12.0. The average Bonchev–Trinajstić information content (AvgIpc) is 3.09. The van der Waals surface area contributed by atoms with Crippen LogP contribution >= 0.6 is 23.5 Å². The molecule has 0 saturated carbocycles. The molecule has 0 fully saturated rings. The molecule has 25 heavy (non-hydrogen) atoms. The van der Waals surface area contributed by atoms with E-state index in [-0.39, 0.29) is 16.3 Å². The molecule has 0 radical (unpaired) electrons. The Labute approximate surface area is 155 Å². The average molecular weight is 379 g/mol. The van der Waals surface area contributed by atoms with Crippen molar-refractivity contribution in [2.24, 2.45) is 11.5 Å². The monoisotopic (exact) mass is 378 g/mol. The minimum Gasteiger partial charge on any atom is -0.428 e. The van der Waals surface area contributed by atoms with Gasteiger partial charge in [0.05, 0.1) is 0 Å². The first kappa shape index (κ1) is 19.3. The second-order valence-corrected chi connectivity index (χ2v) is 7.65. The van der Waals surface area contributed by atoms with Gasteiger partial charge in [0.2, 0.25) is 12.3 Å². The van der Waals surface area contributed by atoms with E-state index in [0.717, 1.165) is 24.3 Å². The van der Waals surface area contributed by atoms with Gasteiger partial charge in [-0.1, -0.05) is 47.8 Å². The highest BCUT2D eigenvalue weighted by Gasteiger charge is 2.14. The van der Waals surface area contributed by atoms with Crippen LogP contribution in [0.2, 0.25) is 0 Å². The molecule has 2 rings (SSSR count). The van der Waals surface area contributed by atoms with E-state index in [9.17, 15) is 0 Å². The standard InChI is InChI=1S/C16H22N6OS2/c17-15(18)24-8-7-11-1-3-12(4-2-11)13(9-25-16(19)20)5-6-14-22-21-10-23-14/h1-4,10,13H,5-9H2,(H3,17,18)(H3,19,20)/t13-/m0/s1. The maximum atomic E-state index is 7.44. The van der Waals surface area contributed by atoms with Crippen LogP contribution in [-0.4, -0.2) is 32.0 Å². The zero-order valence-corrected chi connectivity index (χ0v) is 15.4. The summed E-state index contributed by atoms with van der Waals surface area (Å²) in [5, 5.41) is 22.6. The van der Waals surface area contributed by atoms with Crippen molar-refractivity contribution < 1.29 is 4.42 Å². The smallest absolute Gasteiger partial charge is 0.216 e. The molecule has 1 heterocycles. The Morgan fingerprint density at radius 3 is 2.40 bits per heavy atom. The summed E-state index contributed by atoms with van der Waals surface area (Å²) >= 11 is 2.70. The predicted octanol–water partition coefficient (Wildman–Crippen LogP) is 2.58. The number of nitrogens with two attached hydrogens (primary N) is 2. The fraction of sp³-hybridized carbons (Fsp3) is 0.375. The van der Waals surface area contributed by atoms with Gasteiger partial charge in [0.25, 0.3) is 0 Å². The lowest BCUT2D eigenvalue weighted by atomic mass is 9.95. The van der Waals surface area contributed by atoms with Crippen LogP contribution < -0.4 is 11.5 Å². The van der Waals surface area contributed by atoms with Gasteiger partial charge >= 0.3 is 0 Å². The molecule has 0 aliphatic rings. The largest absolute Gasteiger partial charge is 0.428 e. The van der Waals surface area contributed by atoms with E-state index in [4.69, 9.17) is 26.7 Å². The molecule has 134 valence electrons. The Hall–Kier alpha value is -2.00. The number of benzene rings is 1. The molecule has 1 aromatic carbocycles. The lowest BCUT2D eigenvalue weighted by Crippen LogP contribution is -2.10. The third kappa shape index (κ3) is 7.18. The molecular formula is C16H22N6OS2. The van der Waals surface area contributed by atoms with Gasteiger partial charge in [0.1, 0.15) is 0 Å². The second-order valence-electron chi connectivity index (χ2n) is 5.45. The highest BCUT2D eigenvalue weighted by molar-refractivity contribution is 8.13. The molecule has 2 aromatic rings. The number of nitrogens with one attached hydrogen (secondary N) is 2. The van der Waals surface area contributed by atoms with Crippen LogP contribution in [0, 0.1) is 10.8 Å². The maximum Gasteiger partial charge on any atom is 0.216 e. The van der Waals surface area contributed by atoms with E-state index in [1.165, 1.54) is 41.0 Å². The van der Waals surface area contributed by atoms with Crippen LogP contribution in [0.5, 0.6) is 0 Å². The van der Waals surface area contributed by atoms with Gasteiger partial charge in [-0.05, 0) is 29.9 Å². The summed E-state index contributed by atoms with van der Waals surface area (Å²) in [6, 6.07) is 8.45. The van der Waals surface area contributed by atoms with Crippen LogP contribution in [-0.2, 0) is 12.8 Å². The quantitative estimate of drug-likeness (QED) is 0.388. The van der Waals surface area contributed by atoms with E-state index in [2.05, 4.69) is 34.5 Å². The Kier molecular flexibility index (Phi) is 7.80. The van der Waals surface area contributed by atoms with Crippen molar-refractivity contribution in [3.05, 3.63) is 47.7 Å². The number of aromatic nitrogens is 2. The van der Waals surface area contributed by atoms with E-state index >= 15 is 0 Å². The van der Waals surface area contributed by atoms with Gasteiger partial charge in [-0.2, -0.15) is 0 Å². The van der Waals surface area contributed by atoms with Crippen LogP contribution in [0.15, 0.2) is 35.1 Å². The van der Waals surface area contributed by atoms with E-state index < -0.39 is 0 Å². The Balaban J connectivity index is 1.96. The fourth-order valence-electron chi connectivity index (χ4n) is 2.37. The third-order valence-electron chi connectivity index (χ3n) is 3.65. The van der Waals surface area contributed by atoms with Crippen molar-refractivity contribution in [3.63, 3.8) is 0 Å². The zero-order chi connectivity index (χ0) is 18.1. The van der Waals surface area contributed by atoms with E-state index in [0.29, 0.717) is 12.3 Å². The highest BCUT2D eigenvalue weighted by atomic mass is 32.2. The van der Waals surface area contributed by atoms with Gasteiger partial charge in [-0.15, -0.1) is 10.2 Å². The molecule has 1 atom stereocenters. The van der Waals surface area contributed by atoms with Gasteiger partial charge < -0.3 is 15.9 Å². The van der Waals surface area contributed by atoms with Crippen molar-refractivity contribution in [3.8, 4) is 0 Å². The molecule has 1 aromatic heterocycles. The molecule has 6 N–H and O–H groups in total. The summed E-state index contributed by atoms with van der Waals surface area (Å²) in [5.74, 6) is 2.41. The molecular weight excluding hydrogens is 356 g/mol. The van der Waals surface area contributed by atoms with Crippen LogP contribution in [0.4, 0.5) is 0 Å². The van der Waals surface area contributed by atoms with Crippen LogP contribution in [0.1, 0.15) is 29.4 Å². The predicted molar refractivity (Wildman–Crippen MR) is 104 cm³/mol. The van der Waals surface area contributed by atoms with E-state index in [1.807, 2.05) is 0 Å². The summed E-state index contributed by atoms with van der Waals surface area (Å²) in [5.41, 5.74) is 13.3. The molecule has 0 spiro atoms. The first-order valence-corrected chi connectivity index (χ1v) is 9.79. The van der Waals surface area contributed by atoms with Crippen molar-refractivity contribution in [1.82, 2.24) is 10.2 Å². The normalized spacial score (nSPS) is 12.0. The molecule has 0 aliphatic heterocycles. The zero-order valence-electron chi connectivity index (χ0n) is 13.8. The molecule has 0 amide bonds. The third-order valence-corrected chi connectivity index (χ3v) is 5.25. The highest BCUT2D eigenvalue weighted by Crippen LogP contribution is 2.26. The summed E-state index contributed by atoms with van der Waals surface area (Å²) in [4.78, 5) is 0. The van der Waals surface area contributed by atoms with Crippen molar-refractivity contribution in [2.75, 3.05) is 11.5 Å². The summed E-state index contributed by atoms with van der Waals surface area (Å²) in [6.45, 7) is 0. The summed E-state index contributed by atoms with van der Waals surface area (Å²) in [7, 11) is 0. The van der Waals surface area contributed by atoms with Crippen LogP contribution in [0.3, 0.4) is 0 Å². The number of thioether (sulfide) groups is 2.